The Balaban J connectivity index is 1.38. The molecule has 1 saturated heterocycles. The van der Waals surface area contributed by atoms with Crippen molar-refractivity contribution in [2.45, 2.75) is 43.6 Å². The predicted molar refractivity (Wildman–Crippen MR) is 159 cm³/mol. The molecule has 0 bridgehead atoms. The number of thioether (sulfide) groups is 1. The normalized spacial score (nSPS) is 17.2. The first-order valence-corrected chi connectivity index (χ1v) is 14.1. The molecule has 38 heavy (non-hydrogen) atoms. The van der Waals surface area contributed by atoms with Gasteiger partial charge in [0.15, 0.2) is 0 Å². The minimum Gasteiger partial charge on any atom is -0.508 e. The van der Waals surface area contributed by atoms with Crippen LogP contribution < -0.4 is 4.90 Å². The van der Waals surface area contributed by atoms with Crippen molar-refractivity contribution < 1.29 is 14.6 Å². The van der Waals surface area contributed by atoms with Crippen molar-refractivity contribution in [3.63, 3.8) is 0 Å². The van der Waals surface area contributed by atoms with Gasteiger partial charge in [-0.25, -0.2) is 4.39 Å². The second-order valence-electron chi connectivity index (χ2n) is 9.57. The molecule has 2 atom stereocenters. The van der Waals surface area contributed by atoms with Crippen molar-refractivity contribution in [2.24, 2.45) is 0 Å². The molecule has 4 aromatic rings. The van der Waals surface area contributed by atoms with Crippen molar-refractivity contribution in [3.05, 3.63) is 120 Å². The Morgan fingerprint density at radius 1 is 0.816 bits per heavy atom. The minimum atomic E-state index is -0.212. The fourth-order valence-corrected chi connectivity index (χ4v) is 6.92. The van der Waals surface area contributed by atoms with Gasteiger partial charge >= 0.3 is 0 Å². The molecule has 2 N–H and O–H groups in total. The van der Waals surface area contributed by atoms with E-state index in [0.29, 0.717) is 5.56 Å². The van der Waals surface area contributed by atoms with Crippen LogP contribution in [-0.2, 0) is 13.0 Å². The molecular weight excluding hydrogens is 513 g/mol. The lowest BCUT2D eigenvalue weighted by Crippen LogP contribution is -2.29. The summed E-state index contributed by atoms with van der Waals surface area (Å²) in [5, 5.41) is 20.7. The molecule has 3 nitrogen and oxygen atoms in total. The van der Waals surface area contributed by atoms with E-state index >= 15 is 0 Å². The number of anilines is 1. The van der Waals surface area contributed by atoms with Crippen molar-refractivity contribution in [1.82, 2.24) is 0 Å². The zero-order chi connectivity index (χ0) is 26.5. The van der Waals surface area contributed by atoms with E-state index in [9.17, 15) is 14.6 Å². The number of benzene rings is 4. The van der Waals surface area contributed by atoms with Gasteiger partial charge in [-0.15, -0.1) is 0 Å². The molecule has 6 heteroatoms. The number of phenols is 1. The van der Waals surface area contributed by atoms with E-state index < -0.39 is 0 Å². The number of aliphatic hydroxyl groups excluding tert-OH is 1. The Labute approximate surface area is 233 Å². The van der Waals surface area contributed by atoms with E-state index in [1.807, 2.05) is 42.5 Å². The number of unbranched alkanes of at least 4 members (excludes halogenated alkanes) is 1. The summed E-state index contributed by atoms with van der Waals surface area (Å²) < 4.78 is 14.0. The highest BCUT2D eigenvalue weighted by Gasteiger charge is 2.41. The van der Waals surface area contributed by atoms with Crippen LogP contribution in [0.15, 0.2) is 97.1 Å². The van der Waals surface area contributed by atoms with Crippen LogP contribution in [0.2, 0.25) is 0 Å². The third-order valence-electron chi connectivity index (χ3n) is 7.05. The van der Waals surface area contributed by atoms with E-state index in [-0.39, 0.29) is 29.5 Å². The summed E-state index contributed by atoms with van der Waals surface area (Å²) in [5.41, 5.74) is 5.90. The zero-order valence-electron chi connectivity index (χ0n) is 21.0. The van der Waals surface area contributed by atoms with Crippen LogP contribution in [0.5, 0.6) is 5.75 Å². The quantitative estimate of drug-likeness (QED) is 0.165. The van der Waals surface area contributed by atoms with Gasteiger partial charge in [-0.1, -0.05) is 97.1 Å². The first-order chi connectivity index (χ1) is 18.5. The van der Waals surface area contributed by atoms with E-state index in [1.54, 1.807) is 17.8 Å². The summed E-state index contributed by atoms with van der Waals surface area (Å²) in [6, 6.07) is 30.7. The number of thiocarbonyl (C=S) groups is 1. The van der Waals surface area contributed by atoms with Gasteiger partial charge in [-0.3, -0.25) is 0 Å². The number of hydrogen-bond donors (Lipinski definition) is 2. The second kappa shape index (κ2) is 12.1. The Bertz CT molecular complexity index is 1380. The highest BCUT2D eigenvalue weighted by molar-refractivity contribution is 8.24. The van der Waals surface area contributed by atoms with Crippen LogP contribution in [0, 0.1) is 5.82 Å². The average molecular weight is 544 g/mol. The smallest absolute Gasteiger partial charge is 0.141 e. The lowest BCUT2D eigenvalue weighted by atomic mass is 9.95. The molecule has 0 amide bonds. The molecule has 0 unspecified atom stereocenters. The van der Waals surface area contributed by atoms with E-state index in [0.717, 1.165) is 57.9 Å². The summed E-state index contributed by atoms with van der Waals surface area (Å²) in [6.45, 7) is -0.122. The van der Waals surface area contributed by atoms with Gasteiger partial charge in [0, 0.05) is 16.5 Å². The maximum Gasteiger partial charge on any atom is 0.141 e. The third kappa shape index (κ3) is 5.93. The maximum atomic E-state index is 13.2. The Hall–Kier alpha value is -3.19. The SMILES string of the molecule is OCc1ccc([C@@H]2[C@@H](CCCCc3ccc(F)cc3)SC(=S)N2c2ccc(-c3ccccc3)cc2)c(O)c1. The molecule has 0 aromatic heterocycles. The van der Waals surface area contributed by atoms with Crippen molar-refractivity contribution in [2.75, 3.05) is 4.90 Å². The molecule has 4 aromatic carbocycles. The summed E-state index contributed by atoms with van der Waals surface area (Å²) in [6.07, 6.45) is 3.80. The highest BCUT2D eigenvalue weighted by atomic mass is 32.2. The first kappa shape index (κ1) is 26.4. The molecule has 194 valence electrons. The largest absolute Gasteiger partial charge is 0.508 e. The molecular formula is C32H30FNO2S2. The zero-order valence-corrected chi connectivity index (χ0v) is 22.6. The van der Waals surface area contributed by atoms with Crippen molar-refractivity contribution >= 4 is 34.0 Å². The molecule has 0 radical (unpaired) electrons. The van der Waals surface area contributed by atoms with E-state index in [2.05, 4.69) is 41.3 Å². The molecule has 1 fully saturated rings. The Morgan fingerprint density at radius 2 is 1.50 bits per heavy atom. The van der Waals surface area contributed by atoms with Gasteiger partial charge in [0.1, 0.15) is 15.9 Å². The number of phenolic OH excluding ortho intramolecular Hbond substituents is 1. The molecule has 0 saturated carbocycles. The number of nitrogens with zero attached hydrogens (tertiary/aromatic N) is 1. The average Bonchev–Trinajstić information content (AvgIpc) is 3.27. The van der Waals surface area contributed by atoms with Gasteiger partial charge in [0.05, 0.1) is 12.6 Å². The monoisotopic (exact) mass is 543 g/mol. The molecule has 1 aliphatic heterocycles. The van der Waals surface area contributed by atoms with Crippen molar-refractivity contribution in [1.29, 1.82) is 0 Å². The predicted octanol–water partition coefficient (Wildman–Crippen LogP) is 8.05. The molecule has 0 aliphatic carbocycles. The fourth-order valence-electron chi connectivity index (χ4n) is 5.06. The topological polar surface area (TPSA) is 43.7 Å². The third-order valence-corrected chi connectivity index (χ3v) is 8.73. The number of hydrogen-bond acceptors (Lipinski definition) is 4. The Kier molecular flexibility index (Phi) is 8.42. The molecule has 1 heterocycles. The summed E-state index contributed by atoms with van der Waals surface area (Å²) in [5.74, 6) is -0.0366. The maximum absolute atomic E-state index is 13.2. The van der Waals surface area contributed by atoms with Crippen LogP contribution in [0.25, 0.3) is 11.1 Å². The Morgan fingerprint density at radius 3 is 2.18 bits per heavy atom. The molecule has 1 aliphatic rings. The van der Waals surface area contributed by atoms with Crippen LogP contribution >= 0.6 is 24.0 Å². The summed E-state index contributed by atoms with van der Waals surface area (Å²) >= 11 is 7.58. The van der Waals surface area contributed by atoms with Crippen LogP contribution in [0.3, 0.4) is 0 Å². The fraction of sp³-hybridized carbons (Fsp3) is 0.219. The summed E-state index contributed by atoms with van der Waals surface area (Å²) in [7, 11) is 0. The van der Waals surface area contributed by atoms with Gasteiger partial charge in [0.2, 0.25) is 0 Å². The number of aryl methyl sites for hydroxylation is 1. The number of aromatic hydroxyl groups is 1. The second-order valence-corrected chi connectivity index (χ2v) is 11.4. The standard InChI is InChI=1S/C32H30FNO2S2/c33-26-15-10-22(11-16-26)6-4-5-9-30-31(28-19-12-23(21-35)20-29(28)36)34(32(37)38-30)27-17-13-25(14-18-27)24-7-2-1-3-8-24/h1-3,7-8,10-20,30-31,35-36H,4-6,9,21H2/t30-,31-/m1/s1. The molecule has 0 spiro atoms. The highest BCUT2D eigenvalue weighted by Crippen LogP contribution is 2.48. The van der Waals surface area contributed by atoms with Crippen LogP contribution in [0.4, 0.5) is 10.1 Å². The van der Waals surface area contributed by atoms with Gasteiger partial charge in [0.25, 0.3) is 0 Å². The van der Waals surface area contributed by atoms with Crippen molar-refractivity contribution in [3.8, 4) is 16.9 Å². The molecule has 5 rings (SSSR count). The summed E-state index contributed by atoms with van der Waals surface area (Å²) in [4.78, 5) is 2.16. The van der Waals surface area contributed by atoms with E-state index in [1.165, 1.54) is 12.1 Å². The van der Waals surface area contributed by atoms with E-state index in [4.69, 9.17) is 12.2 Å². The lowest BCUT2D eigenvalue weighted by molar-refractivity contribution is 0.281. The first-order valence-electron chi connectivity index (χ1n) is 12.9. The van der Waals surface area contributed by atoms with Gasteiger partial charge in [-0.2, -0.15) is 0 Å². The lowest BCUT2D eigenvalue weighted by Gasteiger charge is -2.30. The minimum absolute atomic E-state index is 0.122. The van der Waals surface area contributed by atoms with Gasteiger partial charge in [-0.05, 0) is 71.8 Å². The number of aliphatic hydroxyl groups is 1. The van der Waals surface area contributed by atoms with Crippen LogP contribution in [0.1, 0.15) is 42.0 Å². The number of halogens is 1. The number of rotatable bonds is 9. The van der Waals surface area contributed by atoms with Crippen LogP contribution in [-0.4, -0.2) is 19.8 Å². The van der Waals surface area contributed by atoms with Gasteiger partial charge < -0.3 is 15.1 Å².